The van der Waals surface area contributed by atoms with Crippen LogP contribution in [0.2, 0.25) is 0 Å². The van der Waals surface area contributed by atoms with E-state index in [1.165, 1.54) is 12.1 Å². The van der Waals surface area contributed by atoms with Gasteiger partial charge in [-0.1, -0.05) is 12.1 Å². The Labute approximate surface area is 115 Å². The van der Waals surface area contributed by atoms with Crippen LogP contribution in [0.1, 0.15) is 23.5 Å². The van der Waals surface area contributed by atoms with E-state index in [2.05, 4.69) is 0 Å². The van der Waals surface area contributed by atoms with Crippen LogP contribution >= 0.6 is 0 Å². The van der Waals surface area contributed by atoms with Gasteiger partial charge in [-0.15, -0.1) is 0 Å². The fourth-order valence-electron chi connectivity index (χ4n) is 2.19. The average Bonchev–Trinajstić information content (AvgIpc) is 2.37. The van der Waals surface area contributed by atoms with Crippen LogP contribution in [0.15, 0.2) is 36.4 Å². The second kappa shape index (κ2) is 5.52. The van der Waals surface area contributed by atoms with Crippen molar-refractivity contribution < 1.29 is 25.2 Å². The number of carbonyl (C=O) groups is 1. The first-order chi connectivity index (χ1) is 9.52. The number of rotatable bonds is 4. The van der Waals surface area contributed by atoms with E-state index in [9.17, 15) is 25.2 Å². The first-order valence-corrected chi connectivity index (χ1v) is 6.00. The highest BCUT2D eigenvalue weighted by molar-refractivity contribution is 5.59. The number of phenolic OH excluding ortho intramolecular Hbond substituents is 4. The molecular weight excluding hydrogens is 260 g/mol. The van der Waals surface area contributed by atoms with E-state index in [0.29, 0.717) is 11.8 Å². The van der Waals surface area contributed by atoms with E-state index < -0.39 is 5.92 Å². The normalized spacial score (nSPS) is 12.0. The zero-order chi connectivity index (χ0) is 14.7. The summed E-state index contributed by atoms with van der Waals surface area (Å²) in [5, 5.41) is 38.4. The molecule has 5 heteroatoms. The zero-order valence-electron chi connectivity index (χ0n) is 10.5. The van der Waals surface area contributed by atoms with Gasteiger partial charge in [-0.3, -0.25) is 0 Å². The molecule has 0 saturated heterocycles. The Hall–Kier alpha value is -2.69. The first kappa shape index (κ1) is 13.7. The van der Waals surface area contributed by atoms with Gasteiger partial charge in [-0.05, 0) is 17.7 Å². The van der Waals surface area contributed by atoms with Crippen LogP contribution in [-0.4, -0.2) is 26.7 Å². The van der Waals surface area contributed by atoms with Crippen molar-refractivity contribution in [1.29, 1.82) is 0 Å². The lowest BCUT2D eigenvalue weighted by molar-refractivity contribution is -0.108. The van der Waals surface area contributed by atoms with Crippen LogP contribution in [0, 0.1) is 0 Å². The SMILES string of the molecule is O=CCC(c1ccc(O)cc1)c1c(O)cc(O)cc1O. The van der Waals surface area contributed by atoms with Gasteiger partial charge in [-0.25, -0.2) is 0 Å². The molecule has 0 saturated carbocycles. The molecule has 0 aliphatic rings. The fraction of sp³-hybridized carbons (Fsp3) is 0.133. The predicted octanol–water partition coefficient (Wildman–Crippen LogP) is 2.23. The maximum absolute atomic E-state index is 10.9. The van der Waals surface area contributed by atoms with Crippen LogP contribution in [0.5, 0.6) is 23.0 Å². The molecular formula is C15H14O5. The van der Waals surface area contributed by atoms with Crippen molar-refractivity contribution in [3.05, 3.63) is 47.5 Å². The maximum atomic E-state index is 10.9. The van der Waals surface area contributed by atoms with E-state index in [1.54, 1.807) is 12.1 Å². The molecule has 0 radical (unpaired) electrons. The van der Waals surface area contributed by atoms with Crippen molar-refractivity contribution in [2.75, 3.05) is 0 Å². The molecule has 0 heterocycles. The Kier molecular flexibility index (Phi) is 3.79. The summed E-state index contributed by atoms with van der Waals surface area (Å²) in [5.41, 5.74) is 0.826. The number of benzene rings is 2. The van der Waals surface area contributed by atoms with Crippen molar-refractivity contribution in [3.8, 4) is 23.0 Å². The molecule has 5 nitrogen and oxygen atoms in total. The fourth-order valence-corrected chi connectivity index (χ4v) is 2.19. The molecule has 4 N–H and O–H groups in total. The highest BCUT2D eigenvalue weighted by atomic mass is 16.3. The van der Waals surface area contributed by atoms with Crippen molar-refractivity contribution in [1.82, 2.24) is 0 Å². The number of aldehydes is 1. The minimum atomic E-state index is -0.561. The quantitative estimate of drug-likeness (QED) is 0.641. The lowest BCUT2D eigenvalue weighted by atomic mass is 9.87. The van der Waals surface area contributed by atoms with E-state index in [1.807, 2.05) is 0 Å². The van der Waals surface area contributed by atoms with Crippen molar-refractivity contribution in [2.24, 2.45) is 0 Å². The highest BCUT2D eigenvalue weighted by Gasteiger charge is 2.22. The van der Waals surface area contributed by atoms with Gasteiger partial charge in [0.05, 0.1) is 0 Å². The van der Waals surface area contributed by atoms with Crippen molar-refractivity contribution in [3.63, 3.8) is 0 Å². The molecule has 104 valence electrons. The number of hydrogen-bond acceptors (Lipinski definition) is 5. The Morgan fingerprint density at radius 2 is 1.45 bits per heavy atom. The Morgan fingerprint density at radius 3 is 1.95 bits per heavy atom. The summed E-state index contributed by atoms with van der Waals surface area (Å²) in [6.45, 7) is 0. The lowest BCUT2D eigenvalue weighted by Gasteiger charge is -2.18. The largest absolute Gasteiger partial charge is 0.508 e. The summed E-state index contributed by atoms with van der Waals surface area (Å²) in [7, 11) is 0. The maximum Gasteiger partial charge on any atom is 0.126 e. The van der Waals surface area contributed by atoms with Gasteiger partial charge in [-0.2, -0.15) is 0 Å². The molecule has 0 spiro atoms. The van der Waals surface area contributed by atoms with Gasteiger partial charge in [0.2, 0.25) is 0 Å². The highest BCUT2D eigenvalue weighted by Crippen LogP contribution is 2.41. The second-order valence-electron chi connectivity index (χ2n) is 4.44. The summed E-state index contributed by atoms with van der Waals surface area (Å²) in [4.78, 5) is 10.9. The Morgan fingerprint density at radius 1 is 0.900 bits per heavy atom. The molecule has 2 rings (SSSR count). The smallest absolute Gasteiger partial charge is 0.126 e. The number of phenols is 4. The first-order valence-electron chi connectivity index (χ1n) is 6.00. The number of aromatic hydroxyl groups is 4. The molecule has 0 aromatic heterocycles. The van der Waals surface area contributed by atoms with E-state index in [4.69, 9.17) is 0 Å². The minimum absolute atomic E-state index is 0.0523. The topological polar surface area (TPSA) is 98.0 Å². The predicted molar refractivity (Wildman–Crippen MR) is 72.1 cm³/mol. The summed E-state index contributed by atoms with van der Waals surface area (Å²) in [6, 6.07) is 8.34. The van der Waals surface area contributed by atoms with Crippen LogP contribution < -0.4 is 0 Å². The number of carbonyl (C=O) groups excluding carboxylic acids is 1. The molecule has 2 aromatic carbocycles. The second-order valence-corrected chi connectivity index (χ2v) is 4.44. The Bertz CT molecular complexity index is 596. The van der Waals surface area contributed by atoms with Crippen molar-refractivity contribution in [2.45, 2.75) is 12.3 Å². The molecule has 0 aliphatic heterocycles. The van der Waals surface area contributed by atoms with Crippen LogP contribution in [0.3, 0.4) is 0 Å². The molecule has 20 heavy (non-hydrogen) atoms. The van der Waals surface area contributed by atoms with Gasteiger partial charge < -0.3 is 25.2 Å². The standard InChI is InChI=1S/C15H14O5/c16-6-5-12(9-1-3-10(17)4-2-9)15-13(19)7-11(18)8-14(15)20/h1-4,6-8,12,17-20H,5H2. The molecule has 0 bridgehead atoms. The third kappa shape index (κ3) is 2.66. The minimum Gasteiger partial charge on any atom is -0.508 e. The summed E-state index contributed by atoms with van der Waals surface area (Å²) in [5.74, 6) is -1.32. The lowest BCUT2D eigenvalue weighted by Crippen LogP contribution is -2.03. The molecule has 0 amide bonds. The van der Waals surface area contributed by atoms with E-state index >= 15 is 0 Å². The van der Waals surface area contributed by atoms with Crippen LogP contribution in [-0.2, 0) is 4.79 Å². The van der Waals surface area contributed by atoms with Crippen molar-refractivity contribution >= 4 is 6.29 Å². The monoisotopic (exact) mass is 274 g/mol. The zero-order valence-corrected chi connectivity index (χ0v) is 10.5. The molecule has 0 aliphatic carbocycles. The van der Waals surface area contributed by atoms with Gasteiger partial charge in [0.25, 0.3) is 0 Å². The van der Waals surface area contributed by atoms with E-state index in [-0.39, 0.29) is 35.0 Å². The summed E-state index contributed by atoms with van der Waals surface area (Å²) >= 11 is 0. The van der Waals surface area contributed by atoms with Gasteiger partial charge in [0.15, 0.2) is 0 Å². The molecule has 1 atom stereocenters. The van der Waals surface area contributed by atoms with Crippen LogP contribution in [0.4, 0.5) is 0 Å². The average molecular weight is 274 g/mol. The molecule has 2 aromatic rings. The summed E-state index contributed by atoms with van der Waals surface area (Å²) < 4.78 is 0. The Balaban J connectivity index is 2.54. The molecule has 0 fully saturated rings. The number of hydrogen-bond donors (Lipinski definition) is 4. The van der Waals surface area contributed by atoms with E-state index in [0.717, 1.165) is 12.1 Å². The van der Waals surface area contributed by atoms with Gasteiger partial charge >= 0.3 is 0 Å². The molecule has 1 unspecified atom stereocenters. The third-order valence-electron chi connectivity index (χ3n) is 3.10. The van der Waals surface area contributed by atoms with Gasteiger partial charge in [0.1, 0.15) is 29.3 Å². The third-order valence-corrected chi connectivity index (χ3v) is 3.10. The van der Waals surface area contributed by atoms with Gasteiger partial charge in [0, 0.05) is 30.0 Å². The van der Waals surface area contributed by atoms with Crippen LogP contribution in [0.25, 0.3) is 0 Å². The summed E-state index contributed by atoms with van der Waals surface area (Å²) in [6.07, 6.45) is 0.736.